The molecule has 1 aromatic heterocycles. The van der Waals surface area contributed by atoms with Crippen LogP contribution in [0.1, 0.15) is 29.8 Å². The number of hydrogen-bond acceptors (Lipinski definition) is 5. The van der Waals surface area contributed by atoms with Gasteiger partial charge in [-0.1, -0.05) is 68.1 Å². The number of amides is 1. The highest BCUT2D eigenvalue weighted by atomic mass is 32.2. The van der Waals surface area contributed by atoms with Crippen LogP contribution in [-0.2, 0) is 5.75 Å². The van der Waals surface area contributed by atoms with Crippen molar-refractivity contribution in [2.75, 3.05) is 25.5 Å². The Labute approximate surface area is 182 Å². The van der Waals surface area contributed by atoms with Gasteiger partial charge in [0.15, 0.2) is 5.16 Å². The third-order valence-electron chi connectivity index (χ3n) is 4.47. The third-order valence-corrected chi connectivity index (χ3v) is 5.39. The van der Waals surface area contributed by atoms with Crippen LogP contribution >= 0.6 is 11.8 Å². The number of thioether (sulfide) groups is 1. The molecule has 3 rings (SSSR count). The summed E-state index contributed by atoms with van der Waals surface area (Å²) in [6, 6.07) is 19.9. The summed E-state index contributed by atoms with van der Waals surface area (Å²) in [4.78, 5) is 23.6. The molecule has 0 aliphatic carbocycles. The minimum Gasteiger partial charge on any atom is -0.363 e. The Morgan fingerprint density at radius 2 is 1.73 bits per heavy atom. The van der Waals surface area contributed by atoms with E-state index in [4.69, 9.17) is 4.98 Å². The largest absolute Gasteiger partial charge is 0.363 e. The number of hydrogen-bond donors (Lipinski definition) is 1. The molecule has 0 fully saturated rings. The van der Waals surface area contributed by atoms with Crippen molar-refractivity contribution in [2.24, 2.45) is 5.92 Å². The summed E-state index contributed by atoms with van der Waals surface area (Å²) in [5, 5.41) is 3.68. The first-order chi connectivity index (χ1) is 14.4. The Morgan fingerprint density at radius 3 is 2.37 bits per heavy atom. The molecule has 0 aliphatic rings. The number of carbonyl (C=O) groups excluding carboxylic acids is 1. The van der Waals surface area contributed by atoms with Gasteiger partial charge in [-0.25, -0.2) is 9.97 Å². The van der Waals surface area contributed by atoms with E-state index in [0.29, 0.717) is 18.0 Å². The fraction of sp³-hybridized carbons (Fsp3) is 0.292. The molecule has 0 radical (unpaired) electrons. The third kappa shape index (κ3) is 6.07. The first-order valence-electron chi connectivity index (χ1n) is 10.0. The zero-order valence-electron chi connectivity index (χ0n) is 17.9. The number of anilines is 1. The Bertz CT molecular complexity index is 972. The molecule has 0 saturated carbocycles. The predicted molar refractivity (Wildman–Crippen MR) is 125 cm³/mol. The van der Waals surface area contributed by atoms with E-state index >= 15 is 0 Å². The minimum absolute atomic E-state index is 0.0302. The van der Waals surface area contributed by atoms with E-state index in [1.807, 2.05) is 67.5 Å². The molecular weight excluding hydrogens is 392 g/mol. The van der Waals surface area contributed by atoms with Gasteiger partial charge in [-0.2, -0.15) is 0 Å². The van der Waals surface area contributed by atoms with Gasteiger partial charge in [0, 0.05) is 43.6 Å². The molecule has 0 unspecified atom stereocenters. The summed E-state index contributed by atoms with van der Waals surface area (Å²) < 4.78 is 0. The van der Waals surface area contributed by atoms with Crippen molar-refractivity contribution in [2.45, 2.75) is 24.8 Å². The molecule has 5 nitrogen and oxygen atoms in total. The molecule has 2 aromatic carbocycles. The Hall–Kier alpha value is -2.86. The van der Waals surface area contributed by atoms with Gasteiger partial charge in [-0.3, -0.25) is 4.79 Å². The summed E-state index contributed by atoms with van der Waals surface area (Å²) >= 11 is 1.59. The Kier molecular flexibility index (Phi) is 7.46. The molecule has 1 amide bonds. The fourth-order valence-electron chi connectivity index (χ4n) is 2.76. The first-order valence-corrected chi connectivity index (χ1v) is 11.0. The summed E-state index contributed by atoms with van der Waals surface area (Å²) in [5.41, 5.74) is 3.79. The number of carbonyl (C=O) groups is 1. The summed E-state index contributed by atoms with van der Waals surface area (Å²) in [5.74, 6) is 2.02. The molecule has 156 valence electrons. The minimum atomic E-state index is -0.0302. The number of rotatable bonds is 8. The van der Waals surface area contributed by atoms with E-state index < -0.39 is 0 Å². The van der Waals surface area contributed by atoms with Crippen LogP contribution in [0.4, 0.5) is 5.82 Å². The Morgan fingerprint density at radius 1 is 1.03 bits per heavy atom. The van der Waals surface area contributed by atoms with Gasteiger partial charge < -0.3 is 10.2 Å². The van der Waals surface area contributed by atoms with Crippen LogP contribution in [0.15, 0.2) is 65.8 Å². The topological polar surface area (TPSA) is 58.1 Å². The van der Waals surface area contributed by atoms with Crippen molar-refractivity contribution in [3.8, 4) is 11.3 Å². The standard InChI is InChI=1S/C24H28N4OS/c1-17(2)15-25-23(29)20-12-10-18(11-13-20)16-30-24-26-21(14-22(27-24)28(3)4)19-8-6-5-7-9-19/h5-14,17H,15-16H2,1-4H3,(H,25,29). The molecule has 1 heterocycles. The lowest BCUT2D eigenvalue weighted by molar-refractivity contribution is 0.0949. The van der Waals surface area contributed by atoms with Crippen molar-refractivity contribution >= 4 is 23.5 Å². The van der Waals surface area contributed by atoms with E-state index in [9.17, 15) is 4.79 Å². The van der Waals surface area contributed by atoms with Crippen molar-refractivity contribution in [3.05, 3.63) is 71.8 Å². The quantitative estimate of drug-likeness (QED) is 0.415. The highest BCUT2D eigenvalue weighted by Crippen LogP contribution is 2.26. The SMILES string of the molecule is CC(C)CNC(=O)c1ccc(CSc2nc(-c3ccccc3)cc(N(C)C)n2)cc1. The molecule has 0 bridgehead atoms. The molecule has 0 saturated heterocycles. The van der Waals surface area contributed by atoms with Gasteiger partial charge in [0.2, 0.25) is 0 Å². The number of nitrogens with zero attached hydrogens (tertiary/aromatic N) is 3. The average molecular weight is 421 g/mol. The normalized spacial score (nSPS) is 10.8. The zero-order valence-corrected chi connectivity index (χ0v) is 18.7. The van der Waals surface area contributed by atoms with Crippen LogP contribution in [-0.4, -0.2) is 36.5 Å². The lowest BCUT2D eigenvalue weighted by Gasteiger charge is -2.14. The van der Waals surface area contributed by atoms with Gasteiger partial charge in [0.1, 0.15) is 5.82 Å². The molecule has 30 heavy (non-hydrogen) atoms. The van der Waals surface area contributed by atoms with Crippen LogP contribution in [0.3, 0.4) is 0 Å². The smallest absolute Gasteiger partial charge is 0.251 e. The molecule has 3 aromatic rings. The summed E-state index contributed by atoms with van der Waals surface area (Å²) in [6.45, 7) is 4.84. The van der Waals surface area contributed by atoms with Gasteiger partial charge >= 0.3 is 0 Å². The highest BCUT2D eigenvalue weighted by molar-refractivity contribution is 7.98. The van der Waals surface area contributed by atoms with Crippen molar-refractivity contribution in [3.63, 3.8) is 0 Å². The molecule has 1 N–H and O–H groups in total. The maximum Gasteiger partial charge on any atom is 0.251 e. The zero-order chi connectivity index (χ0) is 21.5. The summed E-state index contributed by atoms with van der Waals surface area (Å²) in [6.07, 6.45) is 0. The van der Waals surface area contributed by atoms with Gasteiger partial charge in [-0.15, -0.1) is 0 Å². The number of benzene rings is 2. The van der Waals surface area contributed by atoms with E-state index in [1.165, 1.54) is 0 Å². The van der Waals surface area contributed by atoms with Crippen molar-refractivity contribution in [1.29, 1.82) is 0 Å². The van der Waals surface area contributed by atoms with Crippen LogP contribution in [0.2, 0.25) is 0 Å². The van der Waals surface area contributed by atoms with E-state index in [0.717, 1.165) is 33.5 Å². The first kappa shape index (κ1) is 21.8. The molecule has 0 spiro atoms. The van der Waals surface area contributed by atoms with Gasteiger partial charge in [0.25, 0.3) is 5.91 Å². The monoisotopic (exact) mass is 420 g/mol. The van der Waals surface area contributed by atoms with Crippen LogP contribution in [0.5, 0.6) is 0 Å². The van der Waals surface area contributed by atoms with Gasteiger partial charge in [-0.05, 0) is 23.6 Å². The molecule has 0 atom stereocenters. The predicted octanol–water partition coefficient (Wildman–Crippen LogP) is 4.89. The fourth-order valence-corrected chi connectivity index (χ4v) is 3.57. The van der Waals surface area contributed by atoms with E-state index in [1.54, 1.807) is 11.8 Å². The summed E-state index contributed by atoms with van der Waals surface area (Å²) in [7, 11) is 3.96. The van der Waals surface area contributed by atoms with Crippen LogP contribution < -0.4 is 10.2 Å². The number of nitrogens with one attached hydrogen (secondary N) is 1. The lowest BCUT2D eigenvalue weighted by atomic mass is 10.1. The molecular formula is C24H28N4OS. The number of aromatic nitrogens is 2. The van der Waals surface area contributed by atoms with Gasteiger partial charge in [0.05, 0.1) is 5.69 Å². The van der Waals surface area contributed by atoms with E-state index in [-0.39, 0.29) is 5.91 Å². The molecule has 0 aliphatic heterocycles. The van der Waals surface area contributed by atoms with E-state index in [2.05, 4.69) is 36.3 Å². The van der Waals surface area contributed by atoms with Crippen LogP contribution in [0, 0.1) is 5.92 Å². The highest BCUT2D eigenvalue weighted by Gasteiger charge is 2.10. The second-order valence-electron chi connectivity index (χ2n) is 7.74. The van der Waals surface area contributed by atoms with Crippen molar-refractivity contribution < 1.29 is 4.79 Å². The average Bonchev–Trinajstić information content (AvgIpc) is 2.76. The van der Waals surface area contributed by atoms with Crippen LogP contribution in [0.25, 0.3) is 11.3 Å². The maximum atomic E-state index is 12.2. The van der Waals surface area contributed by atoms with Crippen molar-refractivity contribution in [1.82, 2.24) is 15.3 Å². The second-order valence-corrected chi connectivity index (χ2v) is 8.69. The maximum absolute atomic E-state index is 12.2. The Balaban J connectivity index is 1.70. The molecule has 6 heteroatoms. The second kappa shape index (κ2) is 10.3. The lowest BCUT2D eigenvalue weighted by Crippen LogP contribution is -2.27.